The summed E-state index contributed by atoms with van der Waals surface area (Å²) < 4.78 is 0. The number of hydrogen-bond acceptors (Lipinski definition) is 4. The third kappa shape index (κ3) is 2.48. The Kier molecular flexibility index (Phi) is 3.23. The van der Waals surface area contributed by atoms with Crippen LogP contribution in [-0.4, -0.2) is 26.4 Å². The van der Waals surface area contributed by atoms with Crippen LogP contribution in [0.4, 0.5) is 0 Å². The van der Waals surface area contributed by atoms with Crippen LogP contribution < -0.4 is 0 Å². The summed E-state index contributed by atoms with van der Waals surface area (Å²) in [7, 11) is 0. The molecular formula is C20H20N4. The molecule has 0 saturated carbocycles. The zero-order valence-corrected chi connectivity index (χ0v) is 14.5. The van der Waals surface area contributed by atoms with E-state index in [9.17, 15) is 0 Å². The summed E-state index contributed by atoms with van der Waals surface area (Å²) in [4.78, 5) is 9.68. The maximum Gasteiger partial charge on any atom is 0.201 e. The van der Waals surface area contributed by atoms with Gasteiger partial charge in [-0.3, -0.25) is 4.99 Å². The van der Waals surface area contributed by atoms with Crippen LogP contribution in [0.3, 0.4) is 0 Å². The van der Waals surface area contributed by atoms with E-state index in [0.29, 0.717) is 5.82 Å². The molecule has 0 unspecified atom stereocenters. The first kappa shape index (κ1) is 14.9. The van der Waals surface area contributed by atoms with Gasteiger partial charge in [0.2, 0.25) is 5.82 Å². The Labute approximate surface area is 141 Å². The van der Waals surface area contributed by atoms with Crippen molar-refractivity contribution in [2.45, 2.75) is 39.7 Å². The Hall–Kier alpha value is -2.62. The van der Waals surface area contributed by atoms with Crippen LogP contribution in [0.1, 0.15) is 41.9 Å². The van der Waals surface area contributed by atoms with Gasteiger partial charge >= 0.3 is 0 Å². The second-order valence-electron chi connectivity index (χ2n) is 7.19. The molecule has 1 aliphatic rings. The molecule has 3 aromatic rings. The standard InChI is InChI=1S/C20H20N4/c1-12-8-9-15-14(10-12)11-20(3,4)22-18(15)19-21-16-7-5-6-13(2)17(16)23-24-19/h5-10H,11H2,1-4H3. The Morgan fingerprint density at radius 2 is 1.83 bits per heavy atom. The summed E-state index contributed by atoms with van der Waals surface area (Å²) in [5.74, 6) is 0.603. The van der Waals surface area contributed by atoms with Crippen molar-refractivity contribution in [1.29, 1.82) is 0 Å². The smallest absolute Gasteiger partial charge is 0.201 e. The van der Waals surface area contributed by atoms with Crippen molar-refractivity contribution in [1.82, 2.24) is 15.2 Å². The lowest BCUT2D eigenvalue weighted by Gasteiger charge is -2.28. The minimum Gasteiger partial charge on any atom is -0.274 e. The molecule has 0 N–H and O–H groups in total. The molecule has 2 heterocycles. The van der Waals surface area contributed by atoms with E-state index < -0.39 is 0 Å². The van der Waals surface area contributed by atoms with Crippen molar-refractivity contribution in [3.05, 3.63) is 64.5 Å². The Balaban J connectivity index is 1.93. The average molecular weight is 316 g/mol. The molecule has 0 saturated heterocycles. The van der Waals surface area contributed by atoms with Crippen LogP contribution in [0.2, 0.25) is 0 Å². The number of fused-ring (bicyclic) bond motifs is 2. The van der Waals surface area contributed by atoms with E-state index >= 15 is 0 Å². The zero-order chi connectivity index (χ0) is 16.9. The van der Waals surface area contributed by atoms with E-state index in [1.54, 1.807) is 0 Å². The molecule has 0 amide bonds. The van der Waals surface area contributed by atoms with Crippen LogP contribution in [-0.2, 0) is 6.42 Å². The minimum atomic E-state index is -0.166. The second-order valence-corrected chi connectivity index (χ2v) is 7.19. The molecule has 0 fully saturated rings. The lowest BCUT2D eigenvalue weighted by molar-refractivity contribution is 0.512. The number of aromatic nitrogens is 3. The zero-order valence-electron chi connectivity index (χ0n) is 14.5. The van der Waals surface area contributed by atoms with Gasteiger partial charge < -0.3 is 0 Å². The highest BCUT2D eigenvalue weighted by atomic mass is 15.2. The fourth-order valence-electron chi connectivity index (χ4n) is 3.34. The van der Waals surface area contributed by atoms with Crippen LogP contribution in [0, 0.1) is 13.8 Å². The summed E-state index contributed by atoms with van der Waals surface area (Å²) in [5, 5.41) is 8.79. The van der Waals surface area contributed by atoms with Crippen LogP contribution >= 0.6 is 0 Å². The minimum absolute atomic E-state index is 0.166. The number of aliphatic imine (C=N–C) groups is 1. The number of benzene rings is 2. The van der Waals surface area contributed by atoms with Crippen molar-refractivity contribution in [3.8, 4) is 0 Å². The predicted molar refractivity (Wildman–Crippen MR) is 96.7 cm³/mol. The lowest BCUT2D eigenvalue weighted by Crippen LogP contribution is -2.30. The lowest BCUT2D eigenvalue weighted by atomic mass is 9.86. The molecule has 0 aliphatic carbocycles. The number of nitrogens with zero attached hydrogens (tertiary/aromatic N) is 4. The first-order chi connectivity index (χ1) is 11.4. The summed E-state index contributed by atoms with van der Waals surface area (Å²) in [5.41, 5.74) is 7.16. The van der Waals surface area contributed by atoms with Crippen molar-refractivity contribution < 1.29 is 0 Å². The SMILES string of the molecule is Cc1ccc2c(c1)CC(C)(C)N=C2c1nnc2c(C)cccc2n1. The largest absolute Gasteiger partial charge is 0.274 e. The fraction of sp³-hybridized carbons (Fsp3) is 0.300. The first-order valence-electron chi connectivity index (χ1n) is 8.23. The quantitative estimate of drug-likeness (QED) is 0.686. The maximum atomic E-state index is 4.94. The van der Waals surface area contributed by atoms with Gasteiger partial charge in [0.1, 0.15) is 11.2 Å². The topological polar surface area (TPSA) is 51.0 Å². The second kappa shape index (κ2) is 5.20. The molecule has 0 atom stereocenters. The van der Waals surface area contributed by atoms with Crippen molar-refractivity contribution in [2.24, 2.45) is 4.99 Å². The average Bonchev–Trinajstić information content (AvgIpc) is 2.52. The van der Waals surface area contributed by atoms with Crippen molar-refractivity contribution in [2.75, 3.05) is 0 Å². The summed E-state index contributed by atoms with van der Waals surface area (Å²) in [6.45, 7) is 8.45. The van der Waals surface area contributed by atoms with Crippen LogP contribution in [0.5, 0.6) is 0 Å². The van der Waals surface area contributed by atoms with Crippen molar-refractivity contribution in [3.63, 3.8) is 0 Å². The molecule has 4 nitrogen and oxygen atoms in total. The molecule has 120 valence electrons. The summed E-state index contributed by atoms with van der Waals surface area (Å²) >= 11 is 0. The van der Waals surface area contributed by atoms with E-state index in [-0.39, 0.29) is 5.54 Å². The maximum absolute atomic E-state index is 4.94. The first-order valence-corrected chi connectivity index (χ1v) is 8.23. The normalized spacial score (nSPS) is 15.9. The molecule has 2 aromatic carbocycles. The van der Waals surface area contributed by atoms with Crippen LogP contribution in [0.15, 0.2) is 41.4 Å². The van der Waals surface area contributed by atoms with Gasteiger partial charge in [0, 0.05) is 5.56 Å². The number of rotatable bonds is 1. The third-order valence-electron chi connectivity index (χ3n) is 4.45. The Morgan fingerprint density at radius 1 is 1.00 bits per heavy atom. The van der Waals surface area contributed by atoms with Crippen molar-refractivity contribution >= 4 is 16.7 Å². The Morgan fingerprint density at radius 3 is 2.67 bits per heavy atom. The van der Waals surface area contributed by atoms with Gasteiger partial charge in [-0.2, -0.15) is 0 Å². The highest BCUT2D eigenvalue weighted by Crippen LogP contribution is 2.29. The molecule has 1 aromatic heterocycles. The predicted octanol–water partition coefficient (Wildman–Crippen LogP) is 3.81. The monoisotopic (exact) mass is 316 g/mol. The highest BCUT2D eigenvalue weighted by Gasteiger charge is 2.29. The van der Waals surface area contributed by atoms with E-state index in [0.717, 1.165) is 34.3 Å². The van der Waals surface area contributed by atoms with E-state index in [2.05, 4.69) is 49.2 Å². The van der Waals surface area contributed by atoms with E-state index in [1.165, 1.54) is 11.1 Å². The van der Waals surface area contributed by atoms with Gasteiger partial charge in [-0.15, -0.1) is 10.2 Å². The molecule has 24 heavy (non-hydrogen) atoms. The van der Waals surface area contributed by atoms with E-state index in [1.807, 2.05) is 25.1 Å². The molecule has 1 aliphatic heterocycles. The molecule has 0 spiro atoms. The third-order valence-corrected chi connectivity index (χ3v) is 4.45. The Bertz CT molecular complexity index is 986. The van der Waals surface area contributed by atoms with E-state index in [4.69, 9.17) is 9.98 Å². The highest BCUT2D eigenvalue weighted by molar-refractivity contribution is 6.12. The molecular weight excluding hydrogens is 296 g/mol. The van der Waals surface area contributed by atoms with Gasteiger partial charge in [-0.25, -0.2) is 4.98 Å². The van der Waals surface area contributed by atoms with Crippen LogP contribution in [0.25, 0.3) is 11.0 Å². The summed E-state index contributed by atoms with van der Waals surface area (Å²) in [6.07, 6.45) is 0.924. The van der Waals surface area contributed by atoms with Gasteiger partial charge in [0.25, 0.3) is 0 Å². The molecule has 0 radical (unpaired) electrons. The number of aryl methyl sites for hydroxylation is 2. The fourth-order valence-corrected chi connectivity index (χ4v) is 3.34. The molecule has 4 rings (SSSR count). The van der Waals surface area contributed by atoms with Gasteiger partial charge in [-0.05, 0) is 51.3 Å². The number of hydrogen-bond donors (Lipinski definition) is 0. The summed E-state index contributed by atoms with van der Waals surface area (Å²) in [6, 6.07) is 12.5. The van der Waals surface area contributed by atoms with Gasteiger partial charge in [-0.1, -0.05) is 35.9 Å². The molecule has 0 bridgehead atoms. The molecule has 4 heteroatoms. The van der Waals surface area contributed by atoms with Gasteiger partial charge in [0.15, 0.2) is 0 Å². The van der Waals surface area contributed by atoms with Gasteiger partial charge in [0.05, 0.1) is 11.1 Å².